The summed E-state index contributed by atoms with van der Waals surface area (Å²) in [6, 6.07) is 13.1. The summed E-state index contributed by atoms with van der Waals surface area (Å²) in [6.45, 7) is -0.105. The van der Waals surface area contributed by atoms with Crippen molar-refractivity contribution in [3.63, 3.8) is 0 Å². The molecule has 1 aliphatic heterocycles. The predicted molar refractivity (Wildman–Crippen MR) is 79.3 cm³/mol. The highest BCUT2D eigenvalue weighted by Gasteiger charge is 2.40. The third-order valence-electron chi connectivity index (χ3n) is 3.53. The molecule has 6 heteroatoms. The molecule has 0 saturated heterocycles. The van der Waals surface area contributed by atoms with E-state index in [1.165, 1.54) is 12.1 Å². The second-order valence-electron chi connectivity index (χ2n) is 4.81. The van der Waals surface area contributed by atoms with Gasteiger partial charge in [-0.1, -0.05) is 41.9 Å². The van der Waals surface area contributed by atoms with E-state index in [4.69, 9.17) is 16.3 Å². The van der Waals surface area contributed by atoms with Gasteiger partial charge < -0.3 is 9.84 Å². The third-order valence-corrected chi connectivity index (χ3v) is 6.14. The highest BCUT2D eigenvalue weighted by molar-refractivity contribution is 7.92. The molecule has 0 radical (unpaired) electrons. The maximum atomic E-state index is 12.7. The van der Waals surface area contributed by atoms with E-state index < -0.39 is 21.2 Å². The molecular formula is C15H13ClO4S. The minimum atomic E-state index is -3.79. The summed E-state index contributed by atoms with van der Waals surface area (Å²) in [4.78, 5) is 0.0127. The number of hydrogen-bond donors (Lipinski definition) is 1. The number of aliphatic hydroxyl groups excluding tert-OH is 1. The van der Waals surface area contributed by atoms with Crippen LogP contribution in [0.4, 0.5) is 0 Å². The average molecular weight is 325 g/mol. The maximum absolute atomic E-state index is 12.7. The predicted octanol–water partition coefficient (Wildman–Crippen LogP) is 2.61. The molecule has 110 valence electrons. The Hall–Kier alpha value is -1.56. The van der Waals surface area contributed by atoms with Crippen LogP contribution in [0.15, 0.2) is 53.4 Å². The Labute approximate surface area is 127 Å². The van der Waals surface area contributed by atoms with Crippen molar-refractivity contribution in [1.82, 2.24) is 0 Å². The third kappa shape index (κ3) is 2.41. The van der Waals surface area contributed by atoms with Gasteiger partial charge in [0.25, 0.3) is 0 Å². The summed E-state index contributed by atoms with van der Waals surface area (Å²) in [6.07, 6.45) is -1.14. The topological polar surface area (TPSA) is 63.6 Å². The van der Waals surface area contributed by atoms with Crippen LogP contribution in [0.1, 0.15) is 11.7 Å². The van der Waals surface area contributed by atoms with E-state index in [2.05, 4.69) is 0 Å². The maximum Gasteiger partial charge on any atom is 0.188 e. The molecule has 0 saturated carbocycles. The number of para-hydroxylation sites is 1. The lowest BCUT2D eigenvalue weighted by atomic mass is 10.0. The molecule has 3 rings (SSSR count). The van der Waals surface area contributed by atoms with Crippen LogP contribution in [0.3, 0.4) is 0 Å². The van der Waals surface area contributed by atoms with Crippen molar-refractivity contribution in [2.75, 3.05) is 6.61 Å². The summed E-state index contributed by atoms with van der Waals surface area (Å²) >= 11 is 5.97. The second-order valence-corrected chi connectivity index (χ2v) is 7.35. The van der Waals surface area contributed by atoms with Crippen LogP contribution in [-0.2, 0) is 9.84 Å². The van der Waals surface area contributed by atoms with Gasteiger partial charge in [-0.25, -0.2) is 8.42 Å². The molecule has 0 aromatic heterocycles. The number of fused-ring (bicyclic) bond motifs is 1. The zero-order valence-corrected chi connectivity index (χ0v) is 12.5. The van der Waals surface area contributed by atoms with Crippen LogP contribution in [0.2, 0.25) is 5.02 Å². The molecule has 0 spiro atoms. The van der Waals surface area contributed by atoms with Crippen molar-refractivity contribution >= 4 is 21.4 Å². The van der Waals surface area contributed by atoms with Crippen LogP contribution in [0, 0.1) is 0 Å². The normalized spacial score (nSPS) is 21.4. The molecule has 2 unspecified atom stereocenters. The average Bonchev–Trinajstić information content (AvgIpc) is 2.48. The zero-order chi connectivity index (χ0) is 15.0. The summed E-state index contributed by atoms with van der Waals surface area (Å²) in [5.41, 5.74) is 0.476. The molecule has 2 atom stereocenters. The highest BCUT2D eigenvalue weighted by atomic mass is 35.5. The van der Waals surface area contributed by atoms with E-state index in [1.54, 1.807) is 36.4 Å². The summed E-state index contributed by atoms with van der Waals surface area (Å²) in [5, 5.41) is 9.47. The summed E-state index contributed by atoms with van der Waals surface area (Å²) < 4.78 is 30.9. The van der Waals surface area contributed by atoms with Gasteiger partial charge in [-0.15, -0.1) is 0 Å². The lowest BCUT2D eigenvalue weighted by Gasteiger charge is -2.30. The Bertz CT molecular complexity index is 773. The fraction of sp³-hybridized carbons (Fsp3) is 0.200. The van der Waals surface area contributed by atoms with Gasteiger partial charge in [0.15, 0.2) is 9.84 Å². The van der Waals surface area contributed by atoms with Crippen LogP contribution < -0.4 is 4.74 Å². The van der Waals surface area contributed by atoms with Crippen LogP contribution in [0.5, 0.6) is 5.75 Å². The Morgan fingerprint density at radius 1 is 1.10 bits per heavy atom. The van der Waals surface area contributed by atoms with E-state index in [-0.39, 0.29) is 16.5 Å². The molecule has 4 nitrogen and oxygen atoms in total. The molecule has 0 amide bonds. The van der Waals surface area contributed by atoms with Crippen molar-refractivity contribution in [3.05, 3.63) is 59.1 Å². The zero-order valence-electron chi connectivity index (χ0n) is 10.9. The number of hydrogen-bond acceptors (Lipinski definition) is 4. The number of halogens is 1. The minimum Gasteiger partial charge on any atom is -0.492 e. The fourth-order valence-electron chi connectivity index (χ4n) is 2.42. The van der Waals surface area contributed by atoms with Crippen LogP contribution in [-0.4, -0.2) is 25.4 Å². The first kappa shape index (κ1) is 14.4. The lowest BCUT2D eigenvalue weighted by molar-refractivity contribution is 0.119. The SMILES string of the molecule is O=S(=O)(c1ccccc1Cl)C1COc2ccccc2C1O. The van der Waals surface area contributed by atoms with Gasteiger partial charge in [0.1, 0.15) is 23.7 Å². The largest absolute Gasteiger partial charge is 0.492 e. The molecule has 2 aromatic carbocycles. The lowest BCUT2D eigenvalue weighted by Crippen LogP contribution is -2.37. The molecule has 0 bridgehead atoms. The Kier molecular flexibility index (Phi) is 3.65. The van der Waals surface area contributed by atoms with Gasteiger partial charge in [0.2, 0.25) is 0 Å². The monoisotopic (exact) mass is 324 g/mol. The number of ether oxygens (including phenoxy) is 1. The van der Waals surface area contributed by atoms with E-state index in [9.17, 15) is 13.5 Å². The van der Waals surface area contributed by atoms with Gasteiger partial charge in [-0.05, 0) is 18.2 Å². The number of benzene rings is 2. The Morgan fingerprint density at radius 2 is 1.76 bits per heavy atom. The quantitative estimate of drug-likeness (QED) is 0.922. The second kappa shape index (κ2) is 5.33. The number of rotatable bonds is 2. The first-order valence-corrected chi connectivity index (χ1v) is 8.32. The molecule has 0 aliphatic carbocycles. The van der Waals surface area contributed by atoms with E-state index >= 15 is 0 Å². The van der Waals surface area contributed by atoms with Gasteiger partial charge in [-0.2, -0.15) is 0 Å². The first-order chi connectivity index (χ1) is 10.0. The molecule has 1 heterocycles. The van der Waals surface area contributed by atoms with Crippen molar-refractivity contribution in [3.8, 4) is 5.75 Å². The number of aliphatic hydroxyl groups is 1. The minimum absolute atomic E-state index is 0.0127. The Balaban J connectivity index is 2.04. The van der Waals surface area contributed by atoms with Crippen LogP contribution in [0.25, 0.3) is 0 Å². The van der Waals surface area contributed by atoms with Gasteiger partial charge in [0, 0.05) is 5.56 Å². The number of sulfone groups is 1. The van der Waals surface area contributed by atoms with Gasteiger partial charge in [0.05, 0.1) is 9.92 Å². The van der Waals surface area contributed by atoms with E-state index in [1.807, 2.05) is 0 Å². The van der Waals surface area contributed by atoms with Crippen molar-refractivity contribution in [1.29, 1.82) is 0 Å². The molecule has 0 fully saturated rings. The molecular weight excluding hydrogens is 312 g/mol. The van der Waals surface area contributed by atoms with Crippen molar-refractivity contribution in [2.24, 2.45) is 0 Å². The molecule has 2 aromatic rings. The van der Waals surface area contributed by atoms with Crippen molar-refractivity contribution < 1.29 is 18.3 Å². The molecule has 21 heavy (non-hydrogen) atoms. The van der Waals surface area contributed by atoms with E-state index in [0.29, 0.717) is 11.3 Å². The molecule has 1 aliphatic rings. The standard InChI is InChI=1S/C15H13ClO4S/c16-11-6-2-4-8-13(11)21(18,19)14-9-20-12-7-3-1-5-10(12)15(14)17/h1-8,14-15,17H,9H2. The smallest absolute Gasteiger partial charge is 0.188 e. The van der Waals surface area contributed by atoms with Gasteiger partial charge >= 0.3 is 0 Å². The van der Waals surface area contributed by atoms with Gasteiger partial charge in [-0.3, -0.25) is 0 Å². The van der Waals surface area contributed by atoms with Crippen molar-refractivity contribution in [2.45, 2.75) is 16.2 Å². The highest BCUT2D eigenvalue weighted by Crippen LogP contribution is 2.37. The summed E-state index contributed by atoms with van der Waals surface area (Å²) in [7, 11) is -3.79. The fourth-order valence-corrected chi connectivity index (χ4v) is 4.54. The first-order valence-electron chi connectivity index (χ1n) is 6.40. The summed E-state index contributed by atoms with van der Waals surface area (Å²) in [5.74, 6) is 0.510. The van der Waals surface area contributed by atoms with E-state index in [0.717, 1.165) is 0 Å². The Morgan fingerprint density at radius 3 is 2.52 bits per heavy atom. The van der Waals surface area contributed by atoms with Crippen LogP contribution >= 0.6 is 11.6 Å². The molecule has 1 N–H and O–H groups in total.